The first-order valence-corrected chi connectivity index (χ1v) is 9.93. The van der Waals surface area contributed by atoms with Crippen molar-refractivity contribution in [2.24, 2.45) is 0 Å². The molecule has 0 aromatic carbocycles. The fraction of sp³-hybridized carbons (Fsp3) is 0.789. The van der Waals surface area contributed by atoms with Crippen LogP contribution < -0.4 is 15.5 Å². The number of fused-ring (bicyclic) bond motifs is 1. The molecule has 1 aromatic heterocycles. The highest BCUT2D eigenvalue weighted by atomic mass is 15.2. The fourth-order valence-corrected chi connectivity index (χ4v) is 4.67. The molecule has 132 valence electrons. The lowest BCUT2D eigenvalue weighted by Crippen LogP contribution is -2.38. The first-order chi connectivity index (χ1) is 11.8. The Balaban J connectivity index is 1.60. The molecule has 2 heterocycles. The first kappa shape index (κ1) is 16.1. The predicted molar refractivity (Wildman–Crippen MR) is 98.8 cm³/mol. The van der Waals surface area contributed by atoms with Gasteiger partial charge in [0.25, 0.3) is 0 Å². The molecule has 5 heteroatoms. The highest BCUT2D eigenvalue weighted by Gasteiger charge is 2.28. The molecule has 0 bridgehead atoms. The number of nitrogens with one attached hydrogen (secondary N) is 2. The van der Waals surface area contributed by atoms with Crippen LogP contribution in [-0.4, -0.2) is 42.2 Å². The molecule has 2 N–H and O–H groups in total. The van der Waals surface area contributed by atoms with E-state index in [0.717, 1.165) is 31.9 Å². The minimum Gasteiger partial charge on any atom is -0.356 e. The monoisotopic (exact) mass is 329 g/mol. The summed E-state index contributed by atoms with van der Waals surface area (Å²) in [7, 11) is 2.07. The third kappa shape index (κ3) is 3.23. The number of nitrogens with zero attached hydrogens (tertiary/aromatic N) is 3. The molecule has 24 heavy (non-hydrogen) atoms. The Morgan fingerprint density at radius 3 is 2.46 bits per heavy atom. The Labute approximate surface area is 145 Å². The number of hydrogen-bond acceptors (Lipinski definition) is 5. The predicted octanol–water partition coefficient (Wildman–Crippen LogP) is 2.90. The largest absolute Gasteiger partial charge is 0.356 e. The van der Waals surface area contributed by atoms with Gasteiger partial charge in [-0.25, -0.2) is 4.98 Å². The van der Waals surface area contributed by atoms with E-state index in [-0.39, 0.29) is 0 Å². The molecular weight excluding hydrogens is 298 g/mol. The molecule has 1 saturated carbocycles. The highest BCUT2D eigenvalue weighted by Crippen LogP contribution is 2.32. The van der Waals surface area contributed by atoms with Crippen LogP contribution in [0.2, 0.25) is 0 Å². The smallest absolute Gasteiger partial charge is 0.225 e. The number of likely N-dealkylation sites (N-methyl/N-ethyl adjacent to an activating group) is 1. The summed E-state index contributed by atoms with van der Waals surface area (Å²) in [4.78, 5) is 12.4. The van der Waals surface area contributed by atoms with Crippen LogP contribution in [0.15, 0.2) is 0 Å². The second-order valence-electron chi connectivity index (χ2n) is 7.63. The zero-order chi connectivity index (χ0) is 16.4. The summed E-state index contributed by atoms with van der Waals surface area (Å²) in [6.45, 7) is 2.32. The van der Waals surface area contributed by atoms with Crippen LogP contribution in [0.5, 0.6) is 0 Å². The number of rotatable bonds is 4. The van der Waals surface area contributed by atoms with Crippen molar-refractivity contribution in [1.29, 1.82) is 0 Å². The molecule has 1 aliphatic heterocycles. The maximum atomic E-state index is 5.02. The Morgan fingerprint density at radius 2 is 1.67 bits per heavy atom. The molecule has 0 radical (unpaired) electrons. The summed E-state index contributed by atoms with van der Waals surface area (Å²) in [6, 6.07) is 1.01. The van der Waals surface area contributed by atoms with E-state index in [9.17, 15) is 0 Å². The van der Waals surface area contributed by atoms with E-state index in [2.05, 4.69) is 22.6 Å². The van der Waals surface area contributed by atoms with Crippen LogP contribution in [-0.2, 0) is 12.8 Å². The Bertz CT molecular complexity index is 565. The van der Waals surface area contributed by atoms with Crippen LogP contribution in [0.3, 0.4) is 0 Å². The molecule has 5 nitrogen and oxygen atoms in total. The molecule has 2 atom stereocenters. The zero-order valence-corrected chi connectivity index (χ0v) is 15.0. The van der Waals surface area contributed by atoms with Crippen molar-refractivity contribution in [3.8, 4) is 0 Å². The summed E-state index contributed by atoms with van der Waals surface area (Å²) in [6.07, 6.45) is 12.6. The standard InChI is InChI=1S/C19H31N5/c1-20-16-10-7-11-17(16)22-19-21-15-9-6-8-14(15)18(23-19)24-12-4-2-3-5-13-24/h16-17,20H,2-13H2,1H3,(H,21,22,23). The van der Waals surface area contributed by atoms with Gasteiger partial charge in [-0.2, -0.15) is 4.98 Å². The summed E-state index contributed by atoms with van der Waals surface area (Å²) in [5.41, 5.74) is 2.73. The van der Waals surface area contributed by atoms with E-state index in [4.69, 9.17) is 9.97 Å². The van der Waals surface area contributed by atoms with Gasteiger partial charge >= 0.3 is 0 Å². The summed E-state index contributed by atoms with van der Waals surface area (Å²) >= 11 is 0. The lowest BCUT2D eigenvalue weighted by Gasteiger charge is -2.26. The minimum atomic E-state index is 0.464. The van der Waals surface area contributed by atoms with E-state index in [1.54, 1.807) is 0 Å². The van der Waals surface area contributed by atoms with Crippen molar-refractivity contribution in [3.63, 3.8) is 0 Å². The summed E-state index contributed by atoms with van der Waals surface area (Å²) < 4.78 is 0. The molecule has 1 aromatic rings. The van der Waals surface area contributed by atoms with Gasteiger partial charge in [0.05, 0.1) is 5.69 Å². The average molecular weight is 329 g/mol. The summed E-state index contributed by atoms with van der Waals surface area (Å²) in [5.74, 6) is 2.10. The third-order valence-corrected chi connectivity index (χ3v) is 6.02. The van der Waals surface area contributed by atoms with Crippen LogP contribution in [0, 0.1) is 0 Å². The van der Waals surface area contributed by atoms with Crippen LogP contribution in [0.4, 0.5) is 11.8 Å². The van der Waals surface area contributed by atoms with Crippen LogP contribution in [0.1, 0.15) is 62.6 Å². The van der Waals surface area contributed by atoms with Gasteiger partial charge in [0.2, 0.25) is 5.95 Å². The molecule has 1 saturated heterocycles. The number of aryl methyl sites for hydroxylation is 1. The maximum absolute atomic E-state index is 5.02. The molecule has 2 aliphatic carbocycles. The Hall–Kier alpha value is -1.36. The number of aromatic nitrogens is 2. The van der Waals surface area contributed by atoms with Gasteiger partial charge in [0, 0.05) is 30.7 Å². The van der Waals surface area contributed by atoms with E-state index in [1.165, 1.54) is 68.4 Å². The third-order valence-electron chi connectivity index (χ3n) is 6.02. The van der Waals surface area contributed by atoms with Crippen molar-refractivity contribution in [2.45, 2.75) is 76.3 Å². The van der Waals surface area contributed by atoms with Crippen molar-refractivity contribution < 1.29 is 0 Å². The number of hydrogen-bond donors (Lipinski definition) is 2. The molecule has 2 unspecified atom stereocenters. The Morgan fingerprint density at radius 1 is 0.875 bits per heavy atom. The topological polar surface area (TPSA) is 53.1 Å². The van der Waals surface area contributed by atoms with Gasteiger partial charge in [-0.1, -0.05) is 12.8 Å². The molecule has 4 rings (SSSR count). The average Bonchev–Trinajstić information content (AvgIpc) is 3.16. The molecule has 0 amide bonds. The van der Waals surface area contributed by atoms with Gasteiger partial charge in [-0.15, -0.1) is 0 Å². The highest BCUT2D eigenvalue weighted by molar-refractivity contribution is 5.54. The van der Waals surface area contributed by atoms with Crippen LogP contribution in [0.25, 0.3) is 0 Å². The first-order valence-electron chi connectivity index (χ1n) is 9.93. The van der Waals surface area contributed by atoms with Crippen molar-refractivity contribution >= 4 is 11.8 Å². The van der Waals surface area contributed by atoms with Crippen LogP contribution >= 0.6 is 0 Å². The maximum Gasteiger partial charge on any atom is 0.225 e. The lowest BCUT2D eigenvalue weighted by molar-refractivity contribution is 0.538. The second kappa shape index (κ2) is 7.26. The van der Waals surface area contributed by atoms with Crippen molar-refractivity contribution in [3.05, 3.63) is 11.3 Å². The SMILES string of the molecule is CNC1CCCC1Nc1nc2c(c(N3CCCCCC3)n1)CCC2. The molecule has 2 fully saturated rings. The number of anilines is 2. The minimum absolute atomic E-state index is 0.464. The van der Waals surface area contributed by atoms with Gasteiger partial charge < -0.3 is 15.5 Å². The van der Waals surface area contributed by atoms with Gasteiger partial charge in [-0.3, -0.25) is 0 Å². The molecule has 0 spiro atoms. The quantitative estimate of drug-likeness (QED) is 0.889. The lowest BCUT2D eigenvalue weighted by atomic mass is 10.2. The van der Waals surface area contributed by atoms with E-state index in [1.807, 2.05) is 0 Å². The van der Waals surface area contributed by atoms with Gasteiger partial charge in [0.15, 0.2) is 0 Å². The van der Waals surface area contributed by atoms with E-state index in [0.29, 0.717) is 12.1 Å². The Kier molecular flexibility index (Phi) is 4.88. The zero-order valence-electron chi connectivity index (χ0n) is 15.0. The van der Waals surface area contributed by atoms with E-state index < -0.39 is 0 Å². The summed E-state index contributed by atoms with van der Waals surface area (Å²) in [5, 5.41) is 7.10. The molecular formula is C19H31N5. The van der Waals surface area contributed by atoms with E-state index >= 15 is 0 Å². The van der Waals surface area contributed by atoms with Crippen molar-refractivity contribution in [2.75, 3.05) is 30.4 Å². The van der Waals surface area contributed by atoms with Crippen molar-refractivity contribution in [1.82, 2.24) is 15.3 Å². The normalized spacial score (nSPS) is 27.1. The van der Waals surface area contributed by atoms with Gasteiger partial charge in [-0.05, 0) is 58.4 Å². The van der Waals surface area contributed by atoms with Gasteiger partial charge in [0.1, 0.15) is 5.82 Å². The second-order valence-corrected chi connectivity index (χ2v) is 7.63. The molecule has 3 aliphatic rings. The fourth-order valence-electron chi connectivity index (χ4n) is 4.67.